The normalized spacial score (nSPS) is 11.4. The number of hydrogen-bond donors (Lipinski definition) is 1. The fourth-order valence-corrected chi connectivity index (χ4v) is 2.69. The van der Waals surface area contributed by atoms with E-state index in [4.69, 9.17) is 14.6 Å². The first kappa shape index (κ1) is 19.3. The first-order valence-corrected chi connectivity index (χ1v) is 9.15. The molecule has 0 amide bonds. The van der Waals surface area contributed by atoms with Crippen LogP contribution in [-0.2, 0) is 5.41 Å². The van der Waals surface area contributed by atoms with E-state index in [0.29, 0.717) is 13.0 Å². The van der Waals surface area contributed by atoms with E-state index in [-0.39, 0.29) is 12.0 Å². The zero-order valence-electron chi connectivity index (χ0n) is 15.6. The summed E-state index contributed by atoms with van der Waals surface area (Å²) in [4.78, 5) is 0. The van der Waals surface area contributed by atoms with Crippen molar-refractivity contribution in [3.05, 3.63) is 59.7 Å². The van der Waals surface area contributed by atoms with Gasteiger partial charge in [-0.25, -0.2) is 0 Å². The maximum Gasteiger partial charge on any atom is 0.119 e. The molecule has 2 aromatic carbocycles. The molecule has 0 bridgehead atoms. The second-order valence-corrected chi connectivity index (χ2v) is 6.80. The molecule has 0 unspecified atom stereocenters. The Hall–Kier alpha value is -2.00. The van der Waals surface area contributed by atoms with Gasteiger partial charge in [0, 0.05) is 18.4 Å². The summed E-state index contributed by atoms with van der Waals surface area (Å²) in [5, 5.41) is 8.81. The van der Waals surface area contributed by atoms with Crippen LogP contribution in [0.25, 0.3) is 0 Å². The van der Waals surface area contributed by atoms with Crippen molar-refractivity contribution in [3.63, 3.8) is 0 Å². The summed E-state index contributed by atoms with van der Waals surface area (Å²) in [5.74, 6) is 1.77. The number of aliphatic hydroxyl groups excluding tert-OH is 1. The van der Waals surface area contributed by atoms with Crippen LogP contribution in [0.2, 0.25) is 0 Å². The first-order valence-electron chi connectivity index (χ1n) is 9.15. The van der Waals surface area contributed by atoms with E-state index in [1.165, 1.54) is 11.1 Å². The molecule has 0 radical (unpaired) electrons. The minimum Gasteiger partial charge on any atom is -0.494 e. The Morgan fingerprint density at radius 1 is 0.760 bits per heavy atom. The lowest BCUT2D eigenvalue weighted by molar-refractivity contribution is 0.233. The molecule has 0 aliphatic rings. The molecule has 0 spiro atoms. The SMILES string of the molecule is CCCCOc1ccc(C(C)(C)c2ccc(OCCCO)cc2)cc1. The summed E-state index contributed by atoms with van der Waals surface area (Å²) in [7, 11) is 0. The number of hydrogen-bond acceptors (Lipinski definition) is 3. The summed E-state index contributed by atoms with van der Waals surface area (Å²) in [6, 6.07) is 16.6. The van der Waals surface area contributed by atoms with E-state index in [0.717, 1.165) is 30.9 Å². The Kier molecular flexibility index (Phi) is 7.32. The van der Waals surface area contributed by atoms with Crippen LogP contribution in [0.5, 0.6) is 11.5 Å². The van der Waals surface area contributed by atoms with E-state index >= 15 is 0 Å². The molecule has 0 saturated carbocycles. The molecule has 136 valence electrons. The monoisotopic (exact) mass is 342 g/mol. The number of ether oxygens (including phenoxy) is 2. The number of aliphatic hydroxyl groups is 1. The molecule has 2 rings (SSSR count). The molecule has 0 aromatic heterocycles. The first-order chi connectivity index (χ1) is 12.1. The predicted octanol–water partition coefficient (Wildman–Crippen LogP) is 4.95. The molecule has 0 atom stereocenters. The average Bonchev–Trinajstić information content (AvgIpc) is 2.63. The Labute approximate surface area is 151 Å². The molecular weight excluding hydrogens is 312 g/mol. The third kappa shape index (κ3) is 5.50. The molecule has 0 aliphatic carbocycles. The van der Waals surface area contributed by atoms with Gasteiger partial charge in [-0.3, -0.25) is 0 Å². The van der Waals surface area contributed by atoms with Gasteiger partial charge in [-0.05, 0) is 41.8 Å². The lowest BCUT2D eigenvalue weighted by atomic mass is 9.78. The minimum absolute atomic E-state index is 0.0917. The zero-order chi connectivity index (χ0) is 18.1. The van der Waals surface area contributed by atoms with Crippen molar-refractivity contribution in [2.24, 2.45) is 0 Å². The second kappa shape index (κ2) is 9.47. The molecule has 3 heteroatoms. The summed E-state index contributed by atoms with van der Waals surface area (Å²) in [6.07, 6.45) is 2.88. The highest BCUT2D eigenvalue weighted by atomic mass is 16.5. The average molecular weight is 342 g/mol. The van der Waals surface area contributed by atoms with Crippen LogP contribution in [0.3, 0.4) is 0 Å². The van der Waals surface area contributed by atoms with Crippen LogP contribution < -0.4 is 9.47 Å². The summed E-state index contributed by atoms with van der Waals surface area (Å²) in [6.45, 7) is 8.08. The van der Waals surface area contributed by atoms with Gasteiger partial charge in [-0.1, -0.05) is 51.5 Å². The van der Waals surface area contributed by atoms with Crippen LogP contribution in [0.15, 0.2) is 48.5 Å². The Morgan fingerprint density at radius 2 is 1.20 bits per heavy atom. The Morgan fingerprint density at radius 3 is 1.60 bits per heavy atom. The number of rotatable bonds is 10. The summed E-state index contributed by atoms with van der Waals surface area (Å²) >= 11 is 0. The molecule has 25 heavy (non-hydrogen) atoms. The van der Waals surface area contributed by atoms with Crippen molar-refractivity contribution in [1.29, 1.82) is 0 Å². The lowest BCUT2D eigenvalue weighted by Gasteiger charge is -2.26. The van der Waals surface area contributed by atoms with E-state index < -0.39 is 0 Å². The predicted molar refractivity (Wildman–Crippen MR) is 103 cm³/mol. The van der Waals surface area contributed by atoms with Crippen molar-refractivity contribution >= 4 is 0 Å². The molecule has 1 N–H and O–H groups in total. The van der Waals surface area contributed by atoms with Gasteiger partial charge in [0.25, 0.3) is 0 Å². The van der Waals surface area contributed by atoms with Gasteiger partial charge in [0.05, 0.1) is 13.2 Å². The molecule has 3 nitrogen and oxygen atoms in total. The smallest absolute Gasteiger partial charge is 0.119 e. The lowest BCUT2D eigenvalue weighted by Crippen LogP contribution is -2.18. The van der Waals surface area contributed by atoms with Gasteiger partial charge in [0.1, 0.15) is 11.5 Å². The quantitative estimate of drug-likeness (QED) is 0.621. The highest BCUT2D eigenvalue weighted by Crippen LogP contribution is 2.33. The van der Waals surface area contributed by atoms with E-state index in [1.54, 1.807) is 0 Å². The Bertz CT molecular complexity index is 559. The molecule has 0 aliphatic heterocycles. The highest BCUT2D eigenvalue weighted by molar-refractivity contribution is 5.41. The van der Waals surface area contributed by atoms with Gasteiger partial charge in [0.2, 0.25) is 0 Å². The van der Waals surface area contributed by atoms with Crippen LogP contribution in [0, 0.1) is 0 Å². The van der Waals surface area contributed by atoms with E-state index in [9.17, 15) is 0 Å². The molecule has 0 saturated heterocycles. The van der Waals surface area contributed by atoms with Crippen molar-refractivity contribution in [3.8, 4) is 11.5 Å². The largest absolute Gasteiger partial charge is 0.494 e. The van der Waals surface area contributed by atoms with Crippen LogP contribution in [-0.4, -0.2) is 24.9 Å². The van der Waals surface area contributed by atoms with Crippen LogP contribution in [0.1, 0.15) is 51.2 Å². The molecular formula is C22H30O3. The molecule has 0 heterocycles. The third-order valence-corrected chi connectivity index (χ3v) is 4.49. The number of unbranched alkanes of at least 4 members (excludes halogenated alkanes) is 1. The fraction of sp³-hybridized carbons (Fsp3) is 0.455. The van der Waals surface area contributed by atoms with E-state index in [1.807, 2.05) is 12.1 Å². The maximum absolute atomic E-state index is 8.81. The van der Waals surface area contributed by atoms with Gasteiger partial charge in [0.15, 0.2) is 0 Å². The third-order valence-electron chi connectivity index (χ3n) is 4.49. The van der Waals surface area contributed by atoms with Crippen LogP contribution in [0.4, 0.5) is 0 Å². The van der Waals surface area contributed by atoms with Crippen molar-refractivity contribution in [2.45, 2.75) is 45.4 Å². The zero-order valence-corrected chi connectivity index (χ0v) is 15.6. The van der Waals surface area contributed by atoms with Gasteiger partial charge >= 0.3 is 0 Å². The van der Waals surface area contributed by atoms with Crippen LogP contribution >= 0.6 is 0 Å². The maximum atomic E-state index is 8.81. The summed E-state index contributed by atoms with van der Waals surface area (Å²) in [5.41, 5.74) is 2.40. The number of benzene rings is 2. The summed E-state index contributed by atoms with van der Waals surface area (Å²) < 4.78 is 11.4. The van der Waals surface area contributed by atoms with Gasteiger partial charge in [-0.15, -0.1) is 0 Å². The minimum atomic E-state index is -0.0917. The molecule has 0 fully saturated rings. The van der Waals surface area contributed by atoms with E-state index in [2.05, 4.69) is 57.2 Å². The Balaban J connectivity index is 2.04. The fourth-order valence-electron chi connectivity index (χ4n) is 2.69. The highest BCUT2D eigenvalue weighted by Gasteiger charge is 2.23. The van der Waals surface area contributed by atoms with Gasteiger partial charge < -0.3 is 14.6 Å². The standard InChI is InChI=1S/C22H30O3/c1-4-5-16-24-20-11-7-18(8-12-20)22(2,3)19-9-13-21(14-10-19)25-17-6-15-23/h7-14,23H,4-6,15-17H2,1-3H3. The second-order valence-electron chi connectivity index (χ2n) is 6.80. The van der Waals surface area contributed by atoms with Gasteiger partial charge in [-0.2, -0.15) is 0 Å². The molecule has 2 aromatic rings. The van der Waals surface area contributed by atoms with Crippen molar-refractivity contribution < 1.29 is 14.6 Å². The topological polar surface area (TPSA) is 38.7 Å². The van der Waals surface area contributed by atoms with Crippen molar-refractivity contribution in [1.82, 2.24) is 0 Å². The van der Waals surface area contributed by atoms with Crippen molar-refractivity contribution in [2.75, 3.05) is 19.8 Å².